The molecule has 0 radical (unpaired) electrons. The van der Waals surface area contributed by atoms with Crippen molar-refractivity contribution in [3.05, 3.63) is 35.8 Å². The molecule has 2 unspecified atom stereocenters. The average molecular weight is 470 g/mol. The Balaban J connectivity index is 1.19. The Bertz CT molecular complexity index is 923. The van der Waals surface area contributed by atoms with Gasteiger partial charge < -0.3 is 24.3 Å². The van der Waals surface area contributed by atoms with Gasteiger partial charge in [-0.2, -0.15) is 0 Å². The van der Waals surface area contributed by atoms with Crippen LogP contribution in [0.25, 0.3) is 0 Å². The van der Waals surface area contributed by atoms with Gasteiger partial charge in [0.05, 0.1) is 24.6 Å². The molecule has 3 saturated carbocycles. The number of furan rings is 1. The van der Waals surface area contributed by atoms with E-state index in [4.69, 9.17) is 9.15 Å². The third-order valence-electron chi connectivity index (χ3n) is 11.3. The fourth-order valence-corrected chi connectivity index (χ4v) is 9.02. The summed E-state index contributed by atoms with van der Waals surface area (Å²) in [6.07, 6.45) is 14.4. The molecule has 1 aromatic heterocycles. The summed E-state index contributed by atoms with van der Waals surface area (Å²) in [5.74, 6) is 1.28. The fourth-order valence-electron chi connectivity index (χ4n) is 9.02. The van der Waals surface area contributed by atoms with Crippen molar-refractivity contribution in [1.29, 1.82) is 0 Å². The van der Waals surface area contributed by atoms with Crippen LogP contribution in [-0.2, 0) is 10.3 Å². The van der Waals surface area contributed by atoms with Crippen LogP contribution in [-0.4, -0.2) is 53.1 Å². The highest BCUT2D eigenvalue weighted by atomic mass is 16.5. The van der Waals surface area contributed by atoms with Gasteiger partial charge in [-0.15, -0.1) is 0 Å². The molecule has 1 saturated heterocycles. The smallest absolute Gasteiger partial charge is 0.136 e. The molecule has 0 aromatic carbocycles. The Hall–Kier alpha value is -1.14. The van der Waals surface area contributed by atoms with Crippen LogP contribution in [0.2, 0.25) is 0 Å². The quantitative estimate of drug-likeness (QED) is 0.593. The molecule has 1 aliphatic heterocycles. The fraction of sp³-hybridized carbons (Fsp3) is 0.793. The lowest BCUT2D eigenvalue weighted by molar-refractivity contribution is -0.222. The summed E-state index contributed by atoms with van der Waals surface area (Å²) in [6.45, 7) is 8.96. The second-order valence-corrected chi connectivity index (χ2v) is 12.5. The maximum Gasteiger partial charge on any atom is 0.136 e. The molecule has 34 heavy (non-hydrogen) atoms. The van der Waals surface area contributed by atoms with Gasteiger partial charge in [0, 0.05) is 12.0 Å². The molecule has 5 aliphatic rings. The average Bonchev–Trinajstić information content (AvgIpc) is 3.57. The number of fused-ring (bicyclic) bond motifs is 5. The van der Waals surface area contributed by atoms with E-state index in [1.165, 1.54) is 25.9 Å². The number of hydrogen-bond acceptors (Lipinski definition) is 5. The highest BCUT2D eigenvalue weighted by molar-refractivity contribution is 5.31. The first kappa shape index (κ1) is 23.3. The number of nitrogens with zero attached hydrogens (tertiary/aromatic N) is 1. The Kier molecular flexibility index (Phi) is 5.61. The zero-order valence-corrected chi connectivity index (χ0v) is 21.1. The molecule has 0 amide bonds. The normalized spacial score (nSPS) is 46.6. The molecule has 2 heterocycles. The Morgan fingerprint density at radius 2 is 1.88 bits per heavy atom. The minimum absolute atomic E-state index is 0.139. The molecule has 4 aliphatic carbocycles. The summed E-state index contributed by atoms with van der Waals surface area (Å²) < 4.78 is 12.1. The van der Waals surface area contributed by atoms with Crippen molar-refractivity contribution in [2.45, 2.75) is 95.4 Å². The summed E-state index contributed by atoms with van der Waals surface area (Å²) in [5.41, 5.74) is -0.845. The first-order chi connectivity index (χ1) is 16.3. The van der Waals surface area contributed by atoms with Crippen molar-refractivity contribution < 1.29 is 19.4 Å². The van der Waals surface area contributed by atoms with Gasteiger partial charge in [-0.3, -0.25) is 0 Å². The molecule has 5 nitrogen and oxygen atoms in total. The lowest BCUT2D eigenvalue weighted by atomic mass is 9.45. The van der Waals surface area contributed by atoms with E-state index in [1.54, 1.807) is 11.8 Å². The largest absolute Gasteiger partial charge is 0.466 e. The first-order valence-corrected chi connectivity index (χ1v) is 13.8. The van der Waals surface area contributed by atoms with E-state index in [9.17, 15) is 10.2 Å². The second kappa shape index (κ2) is 8.19. The maximum absolute atomic E-state index is 12.3. The third kappa shape index (κ3) is 3.19. The van der Waals surface area contributed by atoms with Gasteiger partial charge in [-0.1, -0.05) is 25.5 Å². The van der Waals surface area contributed by atoms with Crippen molar-refractivity contribution in [2.75, 3.05) is 26.2 Å². The summed E-state index contributed by atoms with van der Waals surface area (Å²) >= 11 is 0. The molecule has 0 spiro atoms. The van der Waals surface area contributed by atoms with Gasteiger partial charge in [-0.05, 0) is 107 Å². The molecular weight excluding hydrogens is 426 g/mol. The van der Waals surface area contributed by atoms with Gasteiger partial charge in [0.1, 0.15) is 11.4 Å². The number of rotatable bonds is 5. The van der Waals surface area contributed by atoms with Gasteiger partial charge in [0.15, 0.2) is 0 Å². The highest BCUT2D eigenvalue weighted by Gasteiger charge is 2.72. The maximum atomic E-state index is 12.3. The predicted octanol–water partition coefficient (Wildman–Crippen LogP) is 5.03. The predicted molar refractivity (Wildman–Crippen MR) is 131 cm³/mol. The number of hydrogen-bond donors (Lipinski definition) is 2. The van der Waals surface area contributed by atoms with Crippen LogP contribution >= 0.6 is 0 Å². The lowest BCUT2D eigenvalue weighted by Crippen LogP contribution is -2.63. The molecule has 7 atom stereocenters. The minimum Gasteiger partial charge on any atom is -0.466 e. The van der Waals surface area contributed by atoms with E-state index in [2.05, 4.69) is 24.8 Å². The standard InChI is InChI=1S/C29H43NO4/c1-26-11-9-22(33-19-17-30-15-3-4-16-30)20-21(26)7-8-24-23(26)10-12-27(2)28(24,31)13-14-29(27,32)25-6-5-18-34-25/h5-7,18,22-24,31-32H,3-4,8-17,19-20H2,1-2H3/t22?,23-,24-,26+,27+,28-,29?/m1/s1. The van der Waals surface area contributed by atoms with Crippen molar-refractivity contribution in [3.8, 4) is 0 Å². The van der Waals surface area contributed by atoms with Crippen LogP contribution in [0.1, 0.15) is 83.8 Å². The molecule has 4 fully saturated rings. The molecular formula is C29H43NO4. The number of allylic oxidation sites excluding steroid dienone is 1. The first-order valence-electron chi connectivity index (χ1n) is 13.8. The highest BCUT2D eigenvalue weighted by Crippen LogP contribution is 2.70. The lowest BCUT2D eigenvalue weighted by Gasteiger charge is -2.62. The summed E-state index contributed by atoms with van der Waals surface area (Å²) in [4.78, 5) is 2.53. The van der Waals surface area contributed by atoms with E-state index in [-0.39, 0.29) is 11.3 Å². The summed E-state index contributed by atoms with van der Waals surface area (Å²) in [7, 11) is 0. The second-order valence-electron chi connectivity index (χ2n) is 12.5. The van der Waals surface area contributed by atoms with Crippen molar-refractivity contribution >= 4 is 0 Å². The van der Waals surface area contributed by atoms with Crippen LogP contribution in [0.5, 0.6) is 0 Å². The van der Waals surface area contributed by atoms with Crippen LogP contribution in [0, 0.1) is 22.7 Å². The van der Waals surface area contributed by atoms with E-state index < -0.39 is 16.6 Å². The zero-order valence-electron chi connectivity index (χ0n) is 21.1. The van der Waals surface area contributed by atoms with Crippen LogP contribution < -0.4 is 0 Å². The summed E-state index contributed by atoms with van der Waals surface area (Å²) in [5, 5.41) is 24.2. The molecule has 6 rings (SSSR count). The molecule has 1 aromatic rings. The molecule has 188 valence electrons. The zero-order chi connectivity index (χ0) is 23.6. The van der Waals surface area contributed by atoms with Crippen LogP contribution in [0.3, 0.4) is 0 Å². The van der Waals surface area contributed by atoms with Gasteiger partial charge in [0.2, 0.25) is 0 Å². The number of likely N-dealkylation sites (tertiary alicyclic amines) is 1. The number of aliphatic hydroxyl groups is 2. The Labute approximate surface area is 204 Å². The number of ether oxygens (including phenoxy) is 1. The van der Waals surface area contributed by atoms with Crippen LogP contribution in [0.15, 0.2) is 34.5 Å². The van der Waals surface area contributed by atoms with Gasteiger partial charge in [-0.25, -0.2) is 0 Å². The Morgan fingerprint density at radius 3 is 2.65 bits per heavy atom. The van der Waals surface area contributed by atoms with Gasteiger partial charge in [0.25, 0.3) is 0 Å². The van der Waals surface area contributed by atoms with Crippen molar-refractivity contribution in [2.24, 2.45) is 22.7 Å². The minimum atomic E-state index is -1.10. The molecule has 0 bridgehead atoms. The topological polar surface area (TPSA) is 66.1 Å². The monoisotopic (exact) mass is 469 g/mol. The Morgan fingerprint density at radius 1 is 1.06 bits per heavy atom. The molecule has 5 heteroatoms. The van der Waals surface area contributed by atoms with E-state index in [0.717, 1.165) is 51.7 Å². The SMILES string of the molecule is C[C@]12CCC(OCCN3CCCC3)CC1=CC[C@@H]1[C@H]2CC[C@]2(C)C(O)(c3ccco3)CC[C@@]12O. The van der Waals surface area contributed by atoms with Gasteiger partial charge >= 0.3 is 0 Å². The van der Waals surface area contributed by atoms with E-state index >= 15 is 0 Å². The van der Waals surface area contributed by atoms with Crippen molar-refractivity contribution in [3.63, 3.8) is 0 Å². The third-order valence-corrected chi connectivity index (χ3v) is 11.3. The van der Waals surface area contributed by atoms with E-state index in [1.807, 2.05) is 12.1 Å². The van der Waals surface area contributed by atoms with Crippen LogP contribution in [0.4, 0.5) is 0 Å². The van der Waals surface area contributed by atoms with Crippen molar-refractivity contribution in [1.82, 2.24) is 4.90 Å². The molecule has 2 N–H and O–H groups in total. The summed E-state index contributed by atoms with van der Waals surface area (Å²) in [6, 6.07) is 3.73. The van der Waals surface area contributed by atoms with E-state index in [0.29, 0.717) is 30.6 Å².